The Hall–Kier alpha value is -1.76. The third-order valence-corrected chi connectivity index (χ3v) is 2.12. The van der Waals surface area contributed by atoms with Crippen LogP contribution in [-0.4, -0.2) is 10.1 Å². The lowest BCUT2D eigenvalue weighted by Crippen LogP contribution is -2.11. The van der Waals surface area contributed by atoms with Crippen LogP contribution in [0.3, 0.4) is 0 Å². The van der Waals surface area contributed by atoms with Crippen molar-refractivity contribution in [2.24, 2.45) is 5.73 Å². The molecule has 2 aromatic rings. The van der Waals surface area contributed by atoms with Gasteiger partial charge in [0, 0.05) is 30.1 Å². The largest absolute Gasteiger partial charge is 0.437 e. The monoisotopic (exact) mass is 231 g/mol. The van der Waals surface area contributed by atoms with Crippen LogP contribution < -0.4 is 5.73 Å². The van der Waals surface area contributed by atoms with E-state index in [0.717, 1.165) is 0 Å². The van der Waals surface area contributed by atoms with E-state index in [2.05, 4.69) is 14.7 Å². The van der Waals surface area contributed by atoms with E-state index in [0.29, 0.717) is 5.56 Å². The van der Waals surface area contributed by atoms with Crippen molar-refractivity contribution in [3.05, 3.63) is 29.7 Å². The fourth-order valence-corrected chi connectivity index (χ4v) is 1.41. The first-order valence-electron chi connectivity index (χ1n) is 4.43. The van der Waals surface area contributed by atoms with E-state index in [4.69, 9.17) is 5.73 Å². The molecule has 7 heteroatoms. The maximum absolute atomic E-state index is 12.5. The van der Waals surface area contributed by atoms with Crippen molar-refractivity contribution in [3.8, 4) is 11.3 Å². The molecule has 4 nitrogen and oxygen atoms in total. The van der Waals surface area contributed by atoms with Gasteiger partial charge in [0.2, 0.25) is 0 Å². The van der Waals surface area contributed by atoms with Gasteiger partial charge in [0.15, 0.2) is 11.5 Å². The summed E-state index contributed by atoms with van der Waals surface area (Å²) in [5.41, 5.74) is 4.58. The lowest BCUT2D eigenvalue weighted by molar-refractivity contribution is -0.143. The summed E-state index contributed by atoms with van der Waals surface area (Å²) in [6, 6.07) is 1.58. The predicted octanol–water partition coefficient (Wildman–Crippen LogP) is 2.15. The minimum atomic E-state index is -4.55. The minimum Gasteiger partial charge on any atom is -0.367 e. The third-order valence-electron chi connectivity index (χ3n) is 2.12. The summed E-state index contributed by atoms with van der Waals surface area (Å²) in [6.07, 6.45) is -1.46. The predicted molar refractivity (Wildman–Crippen MR) is 49.2 cm³/mol. The number of nitrogens with two attached hydrogens (primary N) is 1. The highest BCUT2D eigenvalue weighted by molar-refractivity contribution is 5.61. The summed E-state index contributed by atoms with van der Waals surface area (Å²) in [6.45, 7) is -0.279. The number of aromatic amines is 1. The Morgan fingerprint density at radius 2 is 2.19 bits per heavy atom. The van der Waals surface area contributed by atoms with Gasteiger partial charge in [-0.3, -0.25) is 0 Å². The zero-order chi connectivity index (χ0) is 11.8. The maximum atomic E-state index is 12.5. The molecule has 2 aromatic heterocycles. The zero-order valence-corrected chi connectivity index (χ0v) is 8.01. The van der Waals surface area contributed by atoms with Gasteiger partial charge in [-0.2, -0.15) is 13.2 Å². The number of halogens is 3. The highest BCUT2D eigenvalue weighted by Gasteiger charge is 2.39. The van der Waals surface area contributed by atoms with E-state index in [1.807, 2.05) is 0 Å². The molecule has 86 valence electrons. The van der Waals surface area contributed by atoms with E-state index < -0.39 is 11.9 Å². The molecule has 0 unspecified atom stereocenters. The fraction of sp³-hybridized carbons (Fsp3) is 0.222. The Morgan fingerprint density at radius 1 is 1.44 bits per heavy atom. The van der Waals surface area contributed by atoms with Gasteiger partial charge in [-0.15, -0.1) is 0 Å². The average molecular weight is 231 g/mol. The molecular weight excluding hydrogens is 223 g/mol. The summed E-state index contributed by atoms with van der Waals surface area (Å²) in [7, 11) is 0. The van der Waals surface area contributed by atoms with Crippen molar-refractivity contribution in [2.45, 2.75) is 12.7 Å². The smallest absolute Gasteiger partial charge is 0.367 e. The first kappa shape index (κ1) is 10.7. The molecule has 2 heterocycles. The van der Waals surface area contributed by atoms with E-state index in [1.165, 1.54) is 6.20 Å². The molecule has 16 heavy (non-hydrogen) atoms. The number of nitrogens with one attached hydrogen (secondary N) is 1. The lowest BCUT2D eigenvalue weighted by Gasteiger charge is -2.03. The highest BCUT2D eigenvalue weighted by Crippen LogP contribution is 2.35. The number of rotatable bonds is 2. The number of hydrogen-bond donors (Lipinski definition) is 2. The second kappa shape index (κ2) is 3.67. The average Bonchev–Trinajstić information content (AvgIpc) is 2.84. The zero-order valence-electron chi connectivity index (χ0n) is 8.01. The van der Waals surface area contributed by atoms with Gasteiger partial charge in [-0.1, -0.05) is 5.16 Å². The summed E-state index contributed by atoms with van der Waals surface area (Å²) < 4.78 is 42.2. The van der Waals surface area contributed by atoms with Gasteiger partial charge in [-0.25, -0.2) is 0 Å². The van der Waals surface area contributed by atoms with Crippen LogP contribution in [0.1, 0.15) is 11.3 Å². The number of aromatic nitrogens is 2. The summed E-state index contributed by atoms with van der Waals surface area (Å²) in [4.78, 5) is 2.72. The Labute approximate surface area is 88.2 Å². The number of nitrogens with zero attached hydrogens (tertiary/aromatic N) is 1. The Kier molecular flexibility index (Phi) is 2.47. The van der Waals surface area contributed by atoms with Crippen LogP contribution in [0.2, 0.25) is 0 Å². The second-order valence-corrected chi connectivity index (χ2v) is 3.14. The van der Waals surface area contributed by atoms with E-state index in [-0.39, 0.29) is 17.9 Å². The van der Waals surface area contributed by atoms with Crippen molar-refractivity contribution in [2.75, 3.05) is 0 Å². The maximum Gasteiger partial charge on any atom is 0.437 e. The van der Waals surface area contributed by atoms with Crippen molar-refractivity contribution in [1.82, 2.24) is 10.1 Å². The van der Waals surface area contributed by atoms with Gasteiger partial charge in [-0.05, 0) is 6.07 Å². The van der Waals surface area contributed by atoms with E-state index >= 15 is 0 Å². The molecule has 0 atom stereocenters. The van der Waals surface area contributed by atoms with Crippen LogP contribution in [0.25, 0.3) is 11.3 Å². The highest BCUT2D eigenvalue weighted by atomic mass is 19.4. The molecule has 0 aliphatic carbocycles. The molecule has 2 rings (SSSR count). The van der Waals surface area contributed by atoms with Gasteiger partial charge < -0.3 is 15.2 Å². The molecule has 0 radical (unpaired) electrons. The SMILES string of the molecule is NCc1c(C(F)(F)F)noc1-c1cc[nH]c1. The third kappa shape index (κ3) is 1.69. The molecule has 0 spiro atoms. The molecule has 0 aromatic carbocycles. The first-order chi connectivity index (χ1) is 7.54. The fourth-order valence-electron chi connectivity index (χ4n) is 1.41. The molecule has 0 fully saturated rings. The molecule has 0 aliphatic heterocycles. The summed E-state index contributed by atoms with van der Waals surface area (Å²) >= 11 is 0. The summed E-state index contributed by atoms with van der Waals surface area (Å²) in [5, 5.41) is 3.02. The molecule has 0 amide bonds. The van der Waals surface area contributed by atoms with Crippen LogP contribution in [0, 0.1) is 0 Å². The van der Waals surface area contributed by atoms with Crippen molar-refractivity contribution < 1.29 is 17.7 Å². The van der Waals surface area contributed by atoms with Crippen molar-refractivity contribution >= 4 is 0 Å². The molecule has 0 bridgehead atoms. The van der Waals surface area contributed by atoms with E-state index in [1.54, 1.807) is 12.3 Å². The standard InChI is InChI=1S/C9H8F3N3O/c10-9(11,12)8-6(3-13)7(16-15-8)5-1-2-14-4-5/h1-2,4,14H,3,13H2. The molecule has 0 saturated heterocycles. The Balaban J connectivity index is 2.54. The summed E-state index contributed by atoms with van der Waals surface area (Å²) in [5.74, 6) is 0.0519. The van der Waals surface area contributed by atoms with Crippen LogP contribution in [-0.2, 0) is 12.7 Å². The van der Waals surface area contributed by atoms with Crippen LogP contribution in [0.5, 0.6) is 0 Å². The number of alkyl halides is 3. The number of H-pyrrole nitrogens is 1. The normalized spacial score (nSPS) is 12.0. The van der Waals surface area contributed by atoms with Crippen LogP contribution >= 0.6 is 0 Å². The Bertz CT molecular complexity index is 473. The van der Waals surface area contributed by atoms with E-state index in [9.17, 15) is 13.2 Å². The van der Waals surface area contributed by atoms with Gasteiger partial charge in [0.25, 0.3) is 0 Å². The first-order valence-corrected chi connectivity index (χ1v) is 4.43. The quantitative estimate of drug-likeness (QED) is 0.832. The lowest BCUT2D eigenvalue weighted by atomic mass is 10.1. The topological polar surface area (TPSA) is 67.8 Å². The minimum absolute atomic E-state index is 0.0519. The number of hydrogen-bond acceptors (Lipinski definition) is 3. The molecular formula is C9H8F3N3O. The van der Waals surface area contributed by atoms with Crippen LogP contribution in [0.4, 0.5) is 13.2 Å². The van der Waals surface area contributed by atoms with Gasteiger partial charge in [0.1, 0.15) is 0 Å². The second-order valence-electron chi connectivity index (χ2n) is 3.14. The Morgan fingerprint density at radius 3 is 2.69 bits per heavy atom. The molecule has 3 N–H and O–H groups in total. The molecule has 0 saturated carbocycles. The molecule has 0 aliphatic rings. The van der Waals surface area contributed by atoms with Crippen molar-refractivity contribution in [1.29, 1.82) is 0 Å². The van der Waals surface area contributed by atoms with Crippen molar-refractivity contribution in [3.63, 3.8) is 0 Å². The van der Waals surface area contributed by atoms with Gasteiger partial charge >= 0.3 is 6.18 Å². The van der Waals surface area contributed by atoms with Gasteiger partial charge in [0.05, 0.1) is 0 Å². The van der Waals surface area contributed by atoms with Crippen LogP contribution in [0.15, 0.2) is 23.0 Å².